The zero-order valence-electron chi connectivity index (χ0n) is 14.5. The van der Waals surface area contributed by atoms with Gasteiger partial charge in [-0.15, -0.1) is 0 Å². The fourth-order valence-corrected chi connectivity index (χ4v) is 3.68. The van der Waals surface area contributed by atoms with Crippen molar-refractivity contribution in [3.63, 3.8) is 0 Å². The van der Waals surface area contributed by atoms with Gasteiger partial charge in [0, 0.05) is 33.8 Å². The van der Waals surface area contributed by atoms with Gasteiger partial charge >= 0.3 is 16.1 Å². The van der Waals surface area contributed by atoms with Gasteiger partial charge in [-0.1, -0.05) is 13.3 Å². The monoisotopic (exact) mass is 351 g/mol. The summed E-state index contributed by atoms with van der Waals surface area (Å²) in [6.07, 6.45) is 3.63. The molecule has 0 amide bonds. The van der Waals surface area contributed by atoms with Crippen molar-refractivity contribution < 1.29 is 35.0 Å². The van der Waals surface area contributed by atoms with Crippen molar-refractivity contribution in [2.75, 3.05) is 48.5 Å². The molecule has 22 heavy (non-hydrogen) atoms. The fraction of sp³-hybridized carbons (Fsp3) is 1.00. The fourth-order valence-electron chi connectivity index (χ4n) is 1.98. The van der Waals surface area contributed by atoms with E-state index in [9.17, 15) is 17.3 Å². The molecule has 0 aliphatic carbocycles. The maximum Gasteiger partial charge on any atom is 0.673 e. The molecule has 0 rings (SSSR count). The highest BCUT2D eigenvalue weighted by atomic mass is 28.4. The molecule has 0 aliphatic heterocycles. The molecule has 4 nitrogen and oxygen atoms in total. The second-order valence-corrected chi connectivity index (χ2v) is 8.72. The third kappa shape index (κ3) is 14.8. The van der Waals surface area contributed by atoms with Gasteiger partial charge in [-0.2, -0.15) is 0 Å². The molecule has 0 N–H and O–H groups in total. The second-order valence-electron chi connectivity index (χ2n) is 5.63. The molecular formula is C12H30BF4NO3Si. The van der Waals surface area contributed by atoms with E-state index in [2.05, 4.69) is 21.0 Å². The van der Waals surface area contributed by atoms with Crippen molar-refractivity contribution in [2.24, 2.45) is 0 Å². The lowest BCUT2D eigenvalue weighted by Gasteiger charge is -2.31. The summed E-state index contributed by atoms with van der Waals surface area (Å²) in [4.78, 5) is 0. The van der Waals surface area contributed by atoms with E-state index in [0.29, 0.717) is 0 Å². The third-order valence-corrected chi connectivity index (χ3v) is 6.13. The third-order valence-electron chi connectivity index (χ3n) is 3.30. The number of hydrogen-bond acceptors (Lipinski definition) is 3. The normalized spacial score (nSPS) is 12.8. The molecule has 0 unspecified atom stereocenters. The number of nitrogens with zero attached hydrogens (tertiary/aromatic N) is 1. The maximum absolute atomic E-state index is 9.75. The standard InChI is InChI=1S/C12H30NO3Si.BF4/c1-7-8-10-13(2,3)11-9-12-17(14-4,15-5)16-6;2-1(3,4)5/h7-12H2,1-6H3;/q+1;-1. The van der Waals surface area contributed by atoms with Gasteiger partial charge in [0.15, 0.2) is 0 Å². The van der Waals surface area contributed by atoms with Gasteiger partial charge < -0.3 is 35.0 Å². The van der Waals surface area contributed by atoms with Gasteiger partial charge in [-0.25, -0.2) is 0 Å². The summed E-state index contributed by atoms with van der Waals surface area (Å²) < 4.78 is 56.3. The lowest BCUT2D eigenvalue weighted by molar-refractivity contribution is -0.890. The van der Waals surface area contributed by atoms with Gasteiger partial charge in [0.1, 0.15) is 0 Å². The van der Waals surface area contributed by atoms with Crippen LogP contribution in [-0.4, -0.2) is 69.1 Å². The van der Waals surface area contributed by atoms with Crippen LogP contribution in [0.15, 0.2) is 0 Å². The number of rotatable bonds is 10. The van der Waals surface area contributed by atoms with E-state index in [1.807, 2.05) is 0 Å². The Labute approximate surface area is 132 Å². The molecule has 0 saturated heterocycles. The van der Waals surface area contributed by atoms with Crippen LogP contribution in [0.2, 0.25) is 6.04 Å². The Morgan fingerprint density at radius 2 is 1.23 bits per heavy atom. The number of unbranched alkanes of at least 4 members (excludes halogenated alkanes) is 1. The first-order valence-electron chi connectivity index (χ1n) is 7.30. The first-order chi connectivity index (χ1) is 9.95. The Hall–Kier alpha value is -0.158. The highest BCUT2D eigenvalue weighted by molar-refractivity contribution is 6.60. The molecule has 0 aromatic rings. The molecule has 0 atom stereocenters. The average Bonchev–Trinajstić information content (AvgIpc) is 2.40. The minimum absolute atomic E-state index is 0.893. The summed E-state index contributed by atoms with van der Waals surface area (Å²) in [6, 6.07) is 0.893. The Morgan fingerprint density at radius 3 is 1.55 bits per heavy atom. The highest BCUT2D eigenvalue weighted by Crippen LogP contribution is 2.16. The number of quaternary nitrogens is 1. The SMILES string of the molecule is CCCC[N+](C)(C)CCC[Si](OC)(OC)OC.F[B-](F)(F)F. The van der Waals surface area contributed by atoms with Crippen LogP contribution in [0.3, 0.4) is 0 Å². The van der Waals surface area contributed by atoms with Gasteiger partial charge in [0.2, 0.25) is 0 Å². The summed E-state index contributed by atoms with van der Waals surface area (Å²) in [7, 11) is 1.24. The lowest BCUT2D eigenvalue weighted by Crippen LogP contribution is -2.45. The van der Waals surface area contributed by atoms with Crippen molar-refractivity contribution in [3.05, 3.63) is 0 Å². The lowest BCUT2D eigenvalue weighted by atomic mass is 10.3. The van der Waals surface area contributed by atoms with E-state index >= 15 is 0 Å². The zero-order chi connectivity index (χ0) is 17.9. The summed E-state index contributed by atoms with van der Waals surface area (Å²) in [5.41, 5.74) is 0. The van der Waals surface area contributed by atoms with Crippen LogP contribution >= 0.6 is 0 Å². The first-order valence-corrected chi connectivity index (χ1v) is 9.23. The van der Waals surface area contributed by atoms with Crippen LogP contribution in [0.1, 0.15) is 26.2 Å². The highest BCUT2D eigenvalue weighted by Gasteiger charge is 2.37. The molecule has 0 fully saturated rings. The van der Waals surface area contributed by atoms with E-state index in [1.54, 1.807) is 21.3 Å². The summed E-state index contributed by atoms with van der Waals surface area (Å²) in [5, 5.41) is 0. The minimum atomic E-state index is -6.00. The summed E-state index contributed by atoms with van der Waals surface area (Å²) in [6.45, 7) is 4.61. The number of hydrogen-bond donors (Lipinski definition) is 0. The molecule has 0 heterocycles. The second kappa shape index (κ2) is 11.4. The zero-order valence-corrected chi connectivity index (χ0v) is 15.5. The van der Waals surface area contributed by atoms with Gasteiger partial charge in [0.05, 0.1) is 27.2 Å². The molecule has 0 bridgehead atoms. The Kier molecular flexibility index (Phi) is 12.5. The van der Waals surface area contributed by atoms with Crippen LogP contribution in [0, 0.1) is 0 Å². The van der Waals surface area contributed by atoms with Gasteiger partial charge in [-0.3, -0.25) is 0 Å². The summed E-state index contributed by atoms with van der Waals surface area (Å²) >= 11 is 0. The largest absolute Gasteiger partial charge is 0.673 e. The van der Waals surface area contributed by atoms with E-state index in [0.717, 1.165) is 23.5 Å². The molecule has 0 radical (unpaired) electrons. The van der Waals surface area contributed by atoms with Crippen molar-refractivity contribution >= 4 is 16.1 Å². The molecule has 0 saturated carbocycles. The van der Waals surface area contributed by atoms with Crippen molar-refractivity contribution in [1.29, 1.82) is 0 Å². The first kappa shape index (κ1) is 24.1. The minimum Gasteiger partial charge on any atom is -0.418 e. The van der Waals surface area contributed by atoms with Crippen LogP contribution in [0.4, 0.5) is 17.3 Å². The Morgan fingerprint density at radius 1 is 0.864 bits per heavy atom. The Balaban J connectivity index is 0. The van der Waals surface area contributed by atoms with Gasteiger partial charge in [-0.05, 0) is 6.42 Å². The average molecular weight is 351 g/mol. The van der Waals surface area contributed by atoms with Crippen LogP contribution < -0.4 is 0 Å². The van der Waals surface area contributed by atoms with Crippen molar-refractivity contribution in [1.82, 2.24) is 0 Å². The van der Waals surface area contributed by atoms with Crippen LogP contribution in [0.25, 0.3) is 0 Å². The molecule has 10 heteroatoms. The molecular weight excluding hydrogens is 321 g/mol. The van der Waals surface area contributed by atoms with E-state index in [-0.39, 0.29) is 0 Å². The van der Waals surface area contributed by atoms with Crippen LogP contribution in [-0.2, 0) is 13.3 Å². The molecule has 0 spiro atoms. The predicted molar refractivity (Wildman–Crippen MR) is 83.1 cm³/mol. The summed E-state index contributed by atoms with van der Waals surface area (Å²) in [5.74, 6) is 0. The maximum atomic E-state index is 9.75. The molecule has 0 aromatic heterocycles. The van der Waals surface area contributed by atoms with Crippen LogP contribution in [0.5, 0.6) is 0 Å². The van der Waals surface area contributed by atoms with E-state index < -0.39 is 16.1 Å². The smallest absolute Gasteiger partial charge is 0.418 e. The Bertz CT molecular complexity index is 265. The molecule has 0 aromatic carbocycles. The molecule has 0 aliphatic rings. The quantitative estimate of drug-likeness (QED) is 0.343. The predicted octanol–water partition coefficient (Wildman–Crippen LogP) is 3.43. The van der Waals surface area contributed by atoms with Gasteiger partial charge in [0.25, 0.3) is 0 Å². The molecule has 136 valence electrons. The van der Waals surface area contributed by atoms with E-state index in [1.165, 1.54) is 19.4 Å². The topological polar surface area (TPSA) is 27.7 Å². The number of halogens is 4. The van der Waals surface area contributed by atoms with Crippen molar-refractivity contribution in [2.45, 2.75) is 32.2 Å². The van der Waals surface area contributed by atoms with E-state index in [4.69, 9.17) is 13.3 Å². The van der Waals surface area contributed by atoms with Crippen molar-refractivity contribution in [3.8, 4) is 0 Å².